The topological polar surface area (TPSA) is 91.1 Å². The van der Waals surface area contributed by atoms with Gasteiger partial charge in [-0.05, 0) is 65.4 Å². The van der Waals surface area contributed by atoms with Gasteiger partial charge in [0.25, 0.3) is 11.6 Å². The summed E-state index contributed by atoms with van der Waals surface area (Å²) < 4.78 is 17.2. The molecule has 1 amide bonds. The number of halogens is 1. The predicted molar refractivity (Wildman–Crippen MR) is 141 cm³/mol. The molecule has 1 unspecified atom stereocenters. The molecule has 8 nitrogen and oxygen atoms in total. The molecule has 9 heteroatoms. The lowest BCUT2D eigenvalue weighted by atomic mass is 9.91. The summed E-state index contributed by atoms with van der Waals surface area (Å²) in [4.78, 5) is 26.2. The molecule has 0 radical (unpaired) electrons. The van der Waals surface area contributed by atoms with E-state index in [0.717, 1.165) is 11.1 Å². The number of methoxy groups -OCH3 is 2. The van der Waals surface area contributed by atoms with Crippen LogP contribution in [0, 0.1) is 10.1 Å². The van der Waals surface area contributed by atoms with Gasteiger partial charge in [-0.3, -0.25) is 14.9 Å². The van der Waals surface area contributed by atoms with Crippen molar-refractivity contribution in [1.29, 1.82) is 0 Å². The number of carbonyl (C=O) groups excluding carboxylic acids is 1. The highest BCUT2D eigenvalue weighted by atomic mass is 35.5. The minimum Gasteiger partial charge on any atom is -0.493 e. The lowest BCUT2D eigenvalue weighted by molar-refractivity contribution is -0.384. The monoisotopic (exact) mass is 524 g/mol. The van der Waals surface area contributed by atoms with Crippen LogP contribution in [0.1, 0.15) is 52.9 Å². The van der Waals surface area contributed by atoms with Gasteiger partial charge in [-0.15, -0.1) is 0 Å². The maximum atomic E-state index is 13.7. The number of amides is 1. The molecule has 1 atom stereocenters. The first-order chi connectivity index (χ1) is 17.7. The van der Waals surface area contributed by atoms with Gasteiger partial charge >= 0.3 is 0 Å². The molecule has 37 heavy (non-hydrogen) atoms. The van der Waals surface area contributed by atoms with Crippen LogP contribution in [0.2, 0.25) is 5.02 Å². The average Bonchev–Trinajstić information content (AvgIpc) is 2.90. The smallest absolute Gasteiger partial charge is 0.288 e. The number of nitrogens with zero attached hydrogens (tertiary/aromatic N) is 2. The van der Waals surface area contributed by atoms with E-state index in [-0.39, 0.29) is 28.8 Å². The van der Waals surface area contributed by atoms with Crippen LogP contribution in [-0.4, -0.2) is 43.1 Å². The number of hydrogen-bond donors (Lipinski definition) is 0. The van der Waals surface area contributed by atoms with Crippen molar-refractivity contribution in [2.45, 2.75) is 32.2 Å². The highest BCUT2D eigenvalue weighted by molar-refractivity contribution is 6.32. The van der Waals surface area contributed by atoms with E-state index in [1.54, 1.807) is 19.1 Å². The maximum Gasteiger partial charge on any atom is 0.288 e. The van der Waals surface area contributed by atoms with Crippen molar-refractivity contribution >= 4 is 23.2 Å². The fourth-order valence-electron chi connectivity index (χ4n) is 4.53. The van der Waals surface area contributed by atoms with Gasteiger partial charge in [0, 0.05) is 18.2 Å². The second-order valence-corrected chi connectivity index (χ2v) is 9.54. The van der Waals surface area contributed by atoms with Crippen LogP contribution in [0.5, 0.6) is 17.2 Å². The molecule has 4 rings (SSSR count). The summed E-state index contributed by atoms with van der Waals surface area (Å²) in [5.74, 6) is 1.90. The third-order valence-electron chi connectivity index (χ3n) is 6.61. The summed E-state index contributed by atoms with van der Waals surface area (Å²) in [5, 5.41) is 11.4. The quantitative estimate of drug-likeness (QED) is 0.257. The highest BCUT2D eigenvalue weighted by Gasteiger charge is 2.34. The van der Waals surface area contributed by atoms with E-state index in [9.17, 15) is 14.9 Å². The minimum absolute atomic E-state index is 0.0212. The lowest BCUT2D eigenvalue weighted by Crippen LogP contribution is -2.42. The first kappa shape index (κ1) is 26.3. The van der Waals surface area contributed by atoms with E-state index in [2.05, 4.69) is 13.8 Å². The van der Waals surface area contributed by atoms with Crippen molar-refractivity contribution < 1.29 is 23.9 Å². The largest absolute Gasteiger partial charge is 0.493 e. The van der Waals surface area contributed by atoms with Crippen molar-refractivity contribution in [3.05, 3.63) is 92.0 Å². The molecule has 1 aliphatic heterocycles. The maximum absolute atomic E-state index is 13.7. The van der Waals surface area contributed by atoms with Crippen molar-refractivity contribution in [1.82, 2.24) is 4.90 Å². The molecule has 0 saturated heterocycles. The number of benzene rings is 3. The number of rotatable bonds is 8. The van der Waals surface area contributed by atoms with Crippen molar-refractivity contribution in [2.75, 3.05) is 27.4 Å². The Morgan fingerprint density at radius 1 is 1.08 bits per heavy atom. The Kier molecular flexibility index (Phi) is 7.88. The summed E-state index contributed by atoms with van der Waals surface area (Å²) in [6.45, 7) is 4.84. The summed E-state index contributed by atoms with van der Waals surface area (Å²) in [7, 11) is 3.14. The first-order valence-electron chi connectivity index (χ1n) is 12.0. The fraction of sp³-hybridized carbons (Fsp3) is 0.321. The number of nitro groups is 1. The summed E-state index contributed by atoms with van der Waals surface area (Å²) >= 11 is 5.98. The van der Waals surface area contributed by atoms with Gasteiger partial charge in [-0.1, -0.05) is 37.6 Å². The molecule has 0 N–H and O–H groups in total. The van der Waals surface area contributed by atoms with Gasteiger partial charge in [-0.25, -0.2) is 0 Å². The van der Waals surface area contributed by atoms with Crippen LogP contribution in [0.25, 0.3) is 0 Å². The lowest BCUT2D eigenvalue weighted by Gasteiger charge is -2.37. The van der Waals surface area contributed by atoms with Crippen molar-refractivity contribution in [2.24, 2.45) is 0 Å². The SMILES string of the molecule is COc1cc2c(cc1OC)C(COc1ccc(C(C)C)cc1)N(C(=O)c1ccc(Cl)c([N+](=O)[O-])c1)CC2. The summed E-state index contributed by atoms with van der Waals surface area (Å²) in [6.07, 6.45) is 0.580. The number of hydrogen-bond acceptors (Lipinski definition) is 6. The molecule has 194 valence electrons. The normalized spacial score (nSPS) is 14.8. The van der Waals surface area contributed by atoms with Gasteiger partial charge in [-0.2, -0.15) is 0 Å². The number of nitro benzene ring substituents is 1. The molecule has 0 aliphatic carbocycles. The minimum atomic E-state index is -0.594. The van der Waals surface area contributed by atoms with Gasteiger partial charge in [0.15, 0.2) is 11.5 Å². The van der Waals surface area contributed by atoms with Gasteiger partial charge in [0.05, 0.1) is 25.2 Å². The summed E-state index contributed by atoms with van der Waals surface area (Å²) in [5.41, 5.74) is 2.97. The van der Waals surface area contributed by atoms with E-state index >= 15 is 0 Å². The Hall–Kier alpha value is -3.78. The molecule has 3 aromatic carbocycles. The molecule has 0 aromatic heterocycles. The number of fused-ring (bicyclic) bond motifs is 1. The third-order valence-corrected chi connectivity index (χ3v) is 6.93. The molecule has 1 heterocycles. The molecular formula is C28H29ClN2O6. The molecule has 0 spiro atoms. The first-order valence-corrected chi connectivity index (χ1v) is 12.3. The highest BCUT2D eigenvalue weighted by Crippen LogP contribution is 2.39. The molecule has 3 aromatic rings. The molecule has 0 saturated carbocycles. The van der Waals surface area contributed by atoms with E-state index in [1.165, 1.54) is 23.8 Å². The molecule has 0 bridgehead atoms. The van der Waals surface area contributed by atoms with Crippen LogP contribution >= 0.6 is 11.6 Å². The van der Waals surface area contributed by atoms with E-state index < -0.39 is 11.0 Å². The van der Waals surface area contributed by atoms with Crippen LogP contribution in [0.3, 0.4) is 0 Å². The second kappa shape index (κ2) is 11.1. The van der Waals surface area contributed by atoms with Gasteiger partial charge in [0.1, 0.15) is 17.4 Å². The van der Waals surface area contributed by atoms with Crippen LogP contribution in [0.15, 0.2) is 54.6 Å². The Morgan fingerprint density at radius 2 is 1.76 bits per heavy atom. The van der Waals surface area contributed by atoms with Crippen molar-refractivity contribution in [3.8, 4) is 17.2 Å². The fourth-order valence-corrected chi connectivity index (χ4v) is 4.71. The van der Waals surface area contributed by atoms with Gasteiger partial charge < -0.3 is 19.1 Å². The van der Waals surface area contributed by atoms with Crippen LogP contribution in [0.4, 0.5) is 5.69 Å². The Morgan fingerprint density at radius 3 is 2.38 bits per heavy atom. The Labute approximate surface area is 220 Å². The number of carbonyl (C=O) groups is 1. The zero-order valence-corrected chi connectivity index (χ0v) is 21.9. The van der Waals surface area contributed by atoms with E-state index in [1.807, 2.05) is 36.4 Å². The Bertz CT molecular complexity index is 1310. The molecular weight excluding hydrogens is 496 g/mol. The van der Waals surface area contributed by atoms with Gasteiger partial charge in [0.2, 0.25) is 0 Å². The predicted octanol–water partition coefficient (Wildman–Crippen LogP) is 6.21. The summed E-state index contributed by atoms with van der Waals surface area (Å²) in [6, 6.07) is 15.3. The van der Waals surface area contributed by atoms with Crippen LogP contribution < -0.4 is 14.2 Å². The van der Waals surface area contributed by atoms with Crippen molar-refractivity contribution in [3.63, 3.8) is 0 Å². The molecule has 1 aliphatic rings. The molecule has 0 fully saturated rings. The van der Waals surface area contributed by atoms with E-state index in [0.29, 0.717) is 36.1 Å². The van der Waals surface area contributed by atoms with Crippen LogP contribution in [-0.2, 0) is 6.42 Å². The number of ether oxygens (including phenoxy) is 3. The average molecular weight is 525 g/mol. The standard InChI is InChI=1S/C28H29ClN2O6/c1-17(2)18-5-8-21(9-6-18)37-16-25-22-15-27(36-4)26(35-3)14-19(22)11-12-30(25)28(32)20-7-10-23(29)24(13-20)31(33)34/h5-10,13-15,17,25H,11-12,16H2,1-4H3. The zero-order valence-electron chi connectivity index (χ0n) is 21.2. The third kappa shape index (κ3) is 5.49. The Balaban J connectivity index is 1.70. The van der Waals surface area contributed by atoms with E-state index in [4.69, 9.17) is 25.8 Å². The zero-order chi connectivity index (χ0) is 26.7. The second-order valence-electron chi connectivity index (χ2n) is 9.13.